The Balaban J connectivity index is 3.32. The third kappa shape index (κ3) is 11.0. The first-order chi connectivity index (χ1) is 8.57. The van der Waals surface area contributed by atoms with Crippen LogP contribution in [0.4, 0.5) is 0 Å². The van der Waals surface area contributed by atoms with E-state index in [1.807, 2.05) is 0 Å². The Morgan fingerprint density at radius 1 is 0.944 bits per heavy atom. The van der Waals surface area contributed by atoms with Crippen LogP contribution in [0.2, 0.25) is 0 Å². The molecule has 1 atom stereocenters. The molecule has 18 heavy (non-hydrogen) atoms. The minimum atomic E-state index is 0.733. The minimum absolute atomic E-state index is 0.733. The van der Waals surface area contributed by atoms with Crippen LogP contribution in [0.25, 0.3) is 0 Å². The summed E-state index contributed by atoms with van der Waals surface area (Å²) in [5.74, 6) is 0.812. The van der Waals surface area contributed by atoms with Crippen LogP contribution in [0.15, 0.2) is 0 Å². The highest BCUT2D eigenvalue weighted by molar-refractivity contribution is 4.65. The highest BCUT2D eigenvalue weighted by atomic mass is 15.1. The molecule has 1 unspecified atom stereocenters. The van der Waals surface area contributed by atoms with E-state index in [1.165, 1.54) is 58.2 Å². The van der Waals surface area contributed by atoms with Gasteiger partial charge in [-0.1, -0.05) is 33.6 Å². The van der Waals surface area contributed by atoms with Gasteiger partial charge in [-0.25, -0.2) is 0 Å². The van der Waals surface area contributed by atoms with E-state index in [9.17, 15) is 0 Å². The molecule has 0 saturated carbocycles. The predicted molar refractivity (Wildman–Crippen MR) is 83.2 cm³/mol. The lowest BCUT2D eigenvalue weighted by atomic mass is 10.0. The summed E-state index contributed by atoms with van der Waals surface area (Å²) in [7, 11) is 2.27. The van der Waals surface area contributed by atoms with Crippen LogP contribution in [-0.2, 0) is 0 Å². The van der Waals surface area contributed by atoms with Crippen LogP contribution >= 0.6 is 0 Å². The molecule has 0 rings (SSSR count). The van der Waals surface area contributed by atoms with E-state index in [0.29, 0.717) is 0 Å². The predicted octanol–water partition coefficient (Wildman–Crippen LogP) is 3.91. The van der Waals surface area contributed by atoms with Crippen molar-refractivity contribution in [1.29, 1.82) is 0 Å². The largest absolute Gasteiger partial charge is 0.317 e. The second-order valence-corrected chi connectivity index (χ2v) is 6.12. The van der Waals surface area contributed by atoms with Crippen molar-refractivity contribution in [3.05, 3.63) is 0 Å². The van der Waals surface area contributed by atoms with Crippen molar-refractivity contribution >= 4 is 0 Å². The lowest BCUT2D eigenvalue weighted by Crippen LogP contribution is -2.31. The Kier molecular flexibility index (Phi) is 11.9. The molecule has 0 aliphatic carbocycles. The third-order valence-corrected chi connectivity index (χ3v) is 3.61. The van der Waals surface area contributed by atoms with Crippen LogP contribution in [0.5, 0.6) is 0 Å². The second kappa shape index (κ2) is 12.0. The zero-order valence-corrected chi connectivity index (χ0v) is 13.5. The topological polar surface area (TPSA) is 15.3 Å². The molecular weight excluding hydrogens is 220 g/mol. The molecule has 0 aromatic rings. The molecule has 0 aliphatic rings. The smallest absolute Gasteiger partial charge is 0.00663 e. The first-order valence-electron chi connectivity index (χ1n) is 7.98. The van der Waals surface area contributed by atoms with Gasteiger partial charge < -0.3 is 10.2 Å². The normalized spacial score (nSPS) is 13.5. The fourth-order valence-electron chi connectivity index (χ4n) is 2.35. The maximum Gasteiger partial charge on any atom is 0.00663 e. The van der Waals surface area contributed by atoms with Gasteiger partial charge in [-0.3, -0.25) is 0 Å². The standard InChI is InChI=1S/C16H36N2/c1-6-11-17-12-9-7-8-10-13-18(5)16(4)14-15(2)3/h15-17H,6-14H2,1-5H3. The van der Waals surface area contributed by atoms with Crippen molar-refractivity contribution < 1.29 is 0 Å². The van der Waals surface area contributed by atoms with Gasteiger partial charge in [-0.2, -0.15) is 0 Å². The number of hydrogen-bond donors (Lipinski definition) is 1. The minimum Gasteiger partial charge on any atom is -0.317 e. The van der Waals surface area contributed by atoms with Gasteiger partial charge >= 0.3 is 0 Å². The Morgan fingerprint density at radius 3 is 2.22 bits per heavy atom. The molecule has 0 aromatic carbocycles. The molecular formula is C16H36N2. The van der Waals surface area contributed by atoms with Crippen molar-refractivity contribution in [1.82, 2.24) is 10.2 Å². The molecule has 0 aliphatic heterocycles. The van der Waals surface area contributed by atoms with Gasteiger partial charge in [0.15, 0.2) is 0 Å². The number of nitrogens with zero attached hydrogens (tertiary/aromatic N) is 1. The van der Waals surface area contributed by atoms with Crippen LogP contribution < -0.4 is 5.32 Å². The van der Waals surface area contributed by atoms with Crippen molar-refractivity contribution in [2.45, 2.75) is 72.3 Å². The van der Waals surface area contributed by atoms with E-state index in [0.717, 1.165) is 12.0 Å². The summed E-state index contributed by atoms with van der Waals surface area (Å²) < 4.78 is 0. The second-order valence-electron chi connectivity index (χ2n) is 6.12. The summed E-state index contributed by atoms with van der Waals surface area (Å²) in [5.41, 5.74) is 0. The fraction of sp³-hybridized carbons (Fsp3) is 1.00. The fourth-order valence-corrected chi connectivity index (χ4v) is 2.35. The van der Waals surface area contributed by atoms with Gasteiger partial charge in [0.05, 0.1) is 0 Å². The summed E-state index contributed by atoms with van der Waals surface area (Å²) in [6, 6.07) is 0.733. The van der Waals surface area contributed by atoms with Gasteiger partial charge in [0, 0.05) is 6.04 Å². The Hall–Kier alpha value is -0.0800. The number of hydrogen-bond acceptors (Lipinski definition) is 2. The zero-order valence-electron chi connectivity index (χ0n) is 13.5. The SMILES string of the molecule is CCCNCCCCCCN(C)C(C)CC(C)C. The molecule has 0 bridgehead atoms. The van der Waals surface area contributed by atoms with Crippen molar-refractivity contribution in [2.75, 3.05) is 26.7 Å². The average molecular weight is 256 g/mol. The summed E-state index contributed by atoms with van der Waals surface area (Å²) in [5, 5.41) is 3.46. The molecule has 0 radical (unpaired) electrons. The Bertz CT molecular complexity index is 168. The zero-order chi connectivity index (χ0) is 13.8. The van der Waals surface area contributed by atoms with E-state index >= 15 is 0 Å². The van der Waals surface area contributed by atoms with Gasteiger partial charge in [-0.05, 0) is 65.2 Å². The molecule has 0 heterocycles. The highest BCUT2D eigenvalue weighted by Gasteiger charge is 2.09. The first kappa shape index (κ1) is 17.9. The monoisotopic (exact) mass is 256 g/mol. The molecule has 2 heteroatoms. The van der Waals surface area contributed by atoms with Crippen molar-refractivity contribution in [2.24, 2.45) is 5.92 Å². The summed E-state index contributed by atoms with van der Waals surface area (Å²) in [4.78, 5) is 2.52. The molecule has 110 valence electrons. The molecule has 1 N–H and O–H groups in total. The van der Waals surface area contributed by atoms with E-state index in [1.54, 1.807) is 0 Å². The summed E-state index contributed by atoms with van der Waals surface area (Å²) in [6.45, 7) is 12.8. The third-order valence-electron chi connectivity index (χ3n) is 3.61. The summed E-state index contributed by atoms with van der Waals surface area (Å²) in [6.07, 6.45) is 8.02. The van der Waals surface area contributed by atoms with Crippen LogP contribution in [0, 0.1) is 5.92 Å². The number of rotatable bonds is 12. The summed E-state index contributed by atoms with van der Waals surface area (Å²) >= 11 is 0. The molecule has 0 saturated heterocycles. The van der Waals surface area contributed by atoms with Gasteiger partial charge in [0.1, 0.15) is 0 Å². The van der Waals surface area contributed by atoms with Crippen LogP contribution in [0.3, 0.4) is 0 Å². The lowest BCUT2D eigenvalue weighted by Gasteiger charge is -2.26. The molecule has 0 amide bonds. The average Bonchev–Trinajstić information content (AvgIpc) is 2.31. The molecule has 0 fully saturated rings. The van der Waals surface area contributed by atoms with E-state index in [-0.39, 0.29) is 0 Å². The quantitative estimate of drug-likeness (QED) is 0.533. The highest BCUT2D eigenvalue weighted by Crippen LogP contribution is 2.10. The van der Waals surface area contributed by atoms with Crippen LogP contribution in [-0.4, -0.2) is 37.6 Å². The maximum atomic E-state index is 3.46. The van der Waals surface area contributed by atoms with E-state index in [2.05, 4.69) is 45.0 Å². The van der Waals surface area contributed by atoms with Gasteiger partial charge in [0.2, 0.25) is 0 Å². The van der Waals surface area contributed by atoms with Crippen molar-refractivity contribution in [3.8, 4) is 0 Å². The van der Waals surface area contributed by atoms with Crippen LogP contribution in [0.1, 0.15) is 66.2 Å². The Labute approximate surface area is 116 Å². The lowest BCUT2D eigenvalue weighted by molar-refractivity contribution is 0.224. The number of unbranched alkanes of at least 4 members (excludes halogenated alkanes) is 3. The van der Waals surface area contributed by atoms with Crippen molar-refractivity contribution in [3.63, 3.8) is 0 Å². The molecule has 2 nitrogen and oxygen atoms in total. The molecule has 0 spiro atoms. The first-order valence-corrected chi connectivity index (χ1v) is 7.98. The van der Waals surface area contributed by atoms with Gasteiger partial charge in [0.25, 0.3) is 0 Å². The molecule has 0 aromatic heterocycles. The maximum absolute atomic E-state index is 3.46. The van der Waals surface area contributed by atoms with E-state index in [4.69, 9.17) is 0 Å². The van der Waals surface area contributed by atoms with E-state index < -0.39 is 0 Å². The number of nitrogens with one attached hydrogen (secondary N) is 1. The Morgan fingerprint density at radius 2 is 1.61 bits per heavy atom. The van der Waals surface area contributed by atoms with Gasteiger partial charge in [-0.15, -0.1) is 0 Å².